The number of aliphatic hydroxyl groups excluding tert-OH is 1. The van der Waals surface area contributed by atoms with Crippen molar-refractivity contribution in [2.24, 2.45) is 0 Å². The summed E-state index contributed by atoms with van der Waals surface area (Å²) >= 11 is 1.63. The lowest BCUT2D eigenvalue weighted by Crippen LogP contribution is -2.28. The van der Waals surface area contributed by atoms with Crippen molar-refractivity contribution < 1.29 is 9.67 Å². The lowest BCUT2D eigenvalue weighted by Gasteiger charge is -2.25. The van der Waals surface area contributed by atoms with Crippen LogP contribution < -0.4 is 5.09 Å². The maximum Gasteiger partial charge on any atom is 0.193 e. The monoisotopic (exact) mass is 371 g/mol. The summed E-state index contributed by atoms with van der Waals surface area (Å²) in [4.78, 5) is 1.95. The summed E-state index contributed by atoms with van der Waals surface area (Å²) in [7, 11) is -2.90. The van der Waals surface area contributed by atoms with Crippen molar-refractivity contribution in [3.8, 4) is 0 Å². The van der Waals surface area contributed by atoms with E-state index in [2.05, 4.69) is 5.09 Å². The Morgan fingerprint density at radius 3 is 1.84 bits per heavy atom. The smallest absolute Gasteiger partial charge is 0.193 e. The molecule has 0 aromatic heterocycles. The number of thioether (sulfide) groups is 1. The zero-order valence-corrected chi connectivity index (χ0v) is 15.8. The summed E-state index contributed by atoms with van der Waals surface area (Å²) < 4.78 is 13.5. The zero-order chi connectivity index (χ0) is 17.7. The second kappa shape index (κ2) is 8.20. The highest BCUT2D eigenvalue weighted by atomic mass is 32.2. The molecule has 0 spiro atoms. The first-order valence-electron chi connectivity index (χ1n) is 8.36. The standard InChI is InChI=1S/C20H22NO2PS/c1-2-18(13-22)21-24(23)14-19(16-9-5-3-6-10-16)25-20(15-24)17-11-7-4-8-12-17/h3-12,14-15,18,22H,2,13H2,1H3,(H,21,23)/t18-/m1/s1. The van der Waals surface area contributed by atoms with E-state index >= 15 is 0 Å². The largest absolute Gasteiger partial charge is 0.395 e. The molecule has 25 heavy (non-hydrogen) atoms. The van der Waals surface area contributed by atoms with Crippen molar-refractivity contribution in [3.63, 3.8) is 0 Å². The average Bonchev–Trinajstić information content (AvgIpc) is 2.67. The zero-order valence-electron chi connectivity index (χ0n) is 14.1. The molecule has 1 aliphatic rings. The van der Waals surface area contributed by atoms with Gasteiger partial charge >= 0.3 is 0 Å². The molecule has 2 N–H and O–H groups in total. The van der Waals surface area contributed by atoms with E-state index < -0.39 is 7.29 Å². The molecule has 0 amide bonds. The molecule has 3 nitrogen and oxygen atoms in total. The van der Waals surface area contributed by atoms with E-state index in [0.717, 1.165) is 27.4 Å². The Hall–Kier alpha value is -1.58. The lowest BCUT2D eigenvalue weighted by atomic mass is 10.2. The Morgan fingerprint density at radius 2 is 1.44 bits per heavy atom. The molecule has 0 saturated heterocycles. The van der Waals surface area contributed by atoms with Crippen LogP contribution in [-0.2, 0) is 4.57 Å². The van der Waals surface area contributed by atoms with E-state index in [1.165, 1.54) is 0 Å². The van der Waals surface area contributed by atoms with Crippen LogP contribution in [0.5, 0.6) is 0 Å². The third-order valence-electron chi connectivity index (χ3n) is 4.05. The third kappa shape index (κ3) is 4.53. The predicted molar refractivity (Wildman–Crippen MR) is 108 cm³/mol. The molecule has 2 aromatic rings. The summed E-state index contributed by atoms with van der Waals surface area (Å²) in [6.07, 6.45) is 0.719. The molecule has 5 heteroatoms. The van der Waals surface area contributed by atoms with Gasteiger partial charge in [-0.1, -0.05) is 79.3 Å². The normalized spacial score (nSPS) is 17.5. The fraction of sp³-hybridized carbons (Fsp3) is 0.200. The topological polar surface area (TPSA) is 49.3 Å². The molecule has 1 heterocycles. The minimum absolute atomic E-state index is 0.0311. The number of rotatable bonds is 6. The van der Waals surface area contributed by atoms with Crippen LogP contribution in [-0.4, -0.2) is 17.8 Å². The summed E-state index contributed by atoms with van der Waals surface area (Å²) in [5.74, 6) is 3.66. The molecule has 1 aliphatic heterocycles. The molecule has 0 saturated carbocycles. The molecule has 0 aliphatic carbocycles. The Labute approximate surface area is 153 Å². The molecule has 130 valence electrons. The molecule has 3 rings (SSSR count). The van der Waals surface area contributed by atoms with Crippen LogP contribution in [0.2, 0.25) is 0 Å². The fourth-order valence-corrected chi connectivity index (χ4v) is 6.81. The van der Waals surface area contributed by atoms with Crippen molar-refractivity contribution in [2.75, 3.05) is 6.61 Å². The van der Waals surface area contributed by atoms with Gasteiger partial charge in [0.1, 0.15) is 0 Å². The van der Waals surface area contributed by atoms with Gasteiger partial charge in [0.25, 0.3) is 0 Å². The van der Waals surface area contributed by atoms with Crippen LogP contribution >= 0.6 is 19.1 Å². The minimum atomic E-state index is -2.90. The molecule has 0 bridgehead atoms. The first-order valence-corrected chi connectivity index (χ1v) is 11.0. The quantitative estimate of drug-likeness (QED) is 0.670. The number of aliphatic hydroxyl groups is 1. The van der Waals surface area contributed by atoms with Crippen LogP contribution in [0, 0.1) is 0 Å². The van der Waals surface area contributed by atoms with Gasteiger partial charge in [0, 0.05) is 27.5 Å². The minimum Gasteiger partial charge on any atom is -0.395 e. The molecular formula is C20H22NO2PS. The molecular weight excluding hydrogens is 349 g/mol. The van der Waals surface area contributed by atoms with Crippen molar-refractivity contribution in [1.29, 1.82) is 0 Å². The summed E-state index contributed by atoms with van der Waals surface area (Å²) in [6, 6.07) is 19.8. The van der Waals surface area contributed by atoms with Gasteiger partial charge in [-0.15, -0.1) is 0 Å². The molecule has 2 aromatic carbocycles. The maximum absolute atomic E-state index is 13.5. The van der Waals surface area contributed by atoms with Gasteiger partial charge in [0.05, 0.1) is 6.61 Å². The predicted octanol–water partition coefficient (Wildman–Crippen LogP) is 5.37. The number of hydrogen-bond donors (Lipinski definition) is 2. The summed E-state index contributed by atoms with van der Waals surface area (Å²) in [5.41, 5.74) is 2.10. The number of benzene rings is 2. The fourth-order valence-electron chi connectivity index (χ4n) is 2.65. The van der Waals surface area contributed by atoms with E-state index in [1.807, 2.05) is 79.2 Å². The second-order valence-electron chi connectivity index (χ2n) is 5.95. The average molecular weight is 371 g/mol. The Morgan fingerprint density at radius 1 is 0.960 bits per heavy atom. The third-order valence-corrected chi connectivity index (χ3v) is 7.60. The molecule has 0 fully saturated rings. The van der Waals surface area contributed by atoms with Crippen LogP contribution in [0.3, 0.4) is 0 Å². The van der Waals surface area contributed by atoms with E-state index in [1.54, 1.807) is 11.8 Å². The van der Waals surface area contributed by atoms with Crippen molar-refractivity contribution in [2.45, 2.75) is 19.4 Å². The van der Waals surface area contributed by atoms with E-state index in [0.29, 0.717) is 0 Å². The van der Waals surface area contributed by atoms with Crippen molar-refractivity contribution >= 4 is 28.9 Å². The van der Waals surface area contributed by atoms with E-state index in [9.17, 15) is 9.67 Å². The van der Waals surface area contributed by atoms with Gasteiger partial charge in [-0.2, -0.15) is 0 Å². The van der Waals surface area contributed by atoms with E-state index in [-0.39, 0.29) is 12.6 Å². The molecule has 0 unspecified atom stereocenters. The highest BCUT2D eigenvalue weighted by Gasteiger charge is 2.27. The van der Waals surface area contributed by atoms with E-state index in [4.69, 9.17) is 0 Å². The van der Waals surface area contributed by atoms with Crippen molar-refractivity contribution in [3.05, 3.63) is 83.4 Å². The highest BCUT2D eigenvalue weighted by molar-refractivity contribution is 8.17. The van der Waals surface area contributed by atoms with Gasteiger partial charge in [-0.25, -0.2) is 0 Å². The number of nitrogens with one attached hydrogen (secondary N) is 1. The summed E-state index contributed by atoms with van der Waals surface area (Å²) in [6.45, 7) is 1.94. The Kier molecular flexibility index (Phi) is 5.98. The number of hydrogen-bond acceptors (Lipinski definition) is 3. The SMILES string of the molecule is CC[C@H](CO)NP1(=O)C=C(c2ccccc2)SC(c2ccccc2)=C1. The Bertz CT molecular complexity index is 755. The summed E-state index contributed by atoms with van der Waals surface area (Å²) in [5, 5.41) is 12.7. The second-order valence-corrected chi connectivity index (χ2v) is 9.22. The van der Waals surface area contributed by atoms with Gasteiger partial charge < -0.3 is 5.11 Å². The van der Waals surface area contributed by atoms with Gasteiger partial charge in [-0.3, -0.25) is 9.65 Å². The Balaban J connectivity index is 2.02. The highest BCUT2D eigenvalue weighted by Crippen LogP contribution is 2.58. The van der Waals surface area contributed by atoms with Gasteiger partial charge in [-0.05, 0) is 17.5 Å². The maximum atomic E-state index is 13.5. The van der Waals surface area contributed by atoms with Crippen LogP contribution in [0.15, 0.2) is 72.3 Å². The van der Waals surface area contributed by atoms with Crippen LogP contribution in [0.25, 0.3) is 9.81 Å². The van der Waals surface area contributed by atoms with Crippen molar-refractivity contribution in [1.82, 2.24) is 5.09 Å². The van der Waals surface area contributed by atoms with Gasteiger partial charge in [0.2, 0.25) is 0 Å². The van der Waals surface area contributed by atoms with Gasteiger partial charge in [0.15, 0.2) is 7.29 Å². The lowest BCUT2D eigenvalue weighted by molar-refractivity contribution is 0.254. The molecule has 1 atom stereocenters. The first-order chi connectivity index (χ1) is 12.1. The van der Waals surface area contributed by atoms with Crippen LogP contribution in [0.1, 0.15) is 24.5 Å². The molecule has 0 radical (unpaired) electrons. The van der Waals surface area contributed by atoms with Crippen LogP contribution in [0.4, 0.5) is 0 Å². The first kappa shape index (κ1) is 18.2.